The minimum atomic E-state index is -2.67. The molecule has 0 saturated carbocycles. The van der Waals surface area contributed by atoms with Crippen molar-refractivity contribution < 1.29 is 13.5 Å². The molecule has 4 heterocycles. The van der Waals surface area contributed by atoms with Crippen LogP contribution in [0, 0.1) is 0 Å². The lowest BCUT2D eigenvalue weighted by Gasteiger charge is -2.37. The van der Waals surface area contributed by atoms with Gasteiger partial charge in [-0.15, -0.1) is 5.10 Å². The van der Waals surface area contributed by atoms with E-state index < -0.39 is 6.43 Å². The van der Waals surface area contributed by atoms with E-state index in [0.29, 0.717) is 11.2 Å². The van der Waals surface area contributed by atoms with Crippen LogP contribution in [0.5, 0.6) is 11.8 Å². The zero-order chi connectivity index (χ0) is 19.0. The van der Waals surface area contributed by atoms with Crippen LogP contribution in [0.2, 0.25) is 0 Å². The number of nitrogens with zero attached hydrogens (tertiary/aromatic N) is 5. The van der Waals surface area contributed by atoms with E-state index in [1.165, 1.54) is 18.2 Å². The molecule has 142 valence electrons. The molecule has 1 saturated heterocycles. The molecule has 1 aliphatic heterocycles. The Morgan fingerprint density at radius 1 is 1.26 bits per heavy atom. The topological polar surface area (TPSA) is 106 Å². The number of nitrogens with one attached hydrogen (secondary N) is 1. The highest BCUT2D eigenvalue weighted by atomic mass is 19.3. The summed E-state index contributed by atoms with van der Waals surface area (Å²) in [5.41, 5.74) is 6.51. The molecular formula is C17H19F2N7O. The van der Waals surface area contributed by atoms with Crippen LogP contribution >= 0.6 is 0 Å². The second-order valence-electron chi connectivity index (χ2n) is 6.90. The van der Waals surface area contributed by atoms with Gasteiger partial charge in [-0.3, -0.25) is 5.10 Å². The van der Waals surface area contributed by atoms with Gasteiger partial charge in [0.1, 0.15) is 11.5 Å². The average molecular weight is 375 g/mol. The Labute approximate surface area is 153 Å². The Kier molecular flexibility index (Phi) is 4.34. The first kappa shape index (κ1) is 17.5. The smallest absolute Gasteiger partial charge is 0.280 e. The van der Waals surface area contributed by atoms with E-state index in [1.54, 1.807) is 6.20 Å². The summed E-state index contributed by atoms with van der Waals surface area (Å²) in [5.74, 6) is 0.882. The second kappa shape index (κ2) is 6.69. The average Bonchev–Trinajstić information content (AvgIpc) is 3.04. The zero-order valence-electron chi connectivity index (χ0n) is 14.7. The molecule has 0 radical (unpaired) electrons. The van der Waals surface area contributed by atoms with E-state index in [-0.39, 0.29) is 23.0 Å². The lowest BCUT2D eigenvalue weighted by molar-refractivity contribution is 0.145. The molecule has 1 fully saturated rings. The molecule has 0 bridgehead atoms. The third kappa shape index (κ3) is 3.65. The summed E-state index contributed by atoms with van der Waals surface area (Å²) in [7, 11) is 0. The van der Waals surface area contributed by atoms with Gasteiger partial charge in [0.15, 0.2) is 11.2 Å². The van der Waals surface area contributed by atoms with Crippen molar-refractivity contribution in [2.24, 2.45) is 5.73 Å². The summed E-state index contributed by atoms with van der Waals surface area (Å²) in [6.45, 7) is 3.65. The number of aromatic nitrogens is 5. The van der Waals surface area contributed by atoms with Crippen LogP contribution in [-0.2, 0) is 0 Å². The molecule has 0 aromatic carbocycles. The molecule has 1 aliphatic rings. The number of anilines is 1. The molecular weight excluding hydrogens is 356 g/mol. The fraction of sp³-hybridized carbons (Fsp3) is 0.412. The van der Waals surface area contributed by atoms with Gasteiger partial charge in [-0.25, -0.2) is 23.7 Å². The predicted molar refractivity (Wildman–Crippen MR) is 95.0 cm³/mol. The van der Waals surface area contributed by atoms with Crippen molar-refractivity contribution in [3.63, 3.8) is 0 Å². The molecule has 8 nitrogen and oxygen atoms in total. The van der Waals surface area contributed by atoms with Crippen molar-refractivity contribution in [3.05, 3.63) is 30.1 Å². The Bertz CT molecular complexity index is 949. The maximum atomic E-state index is 12.8. The molecule has 0 aliphatic carbocycles. The van der Waals surface area contributed by atoms with E-state index in [2.05, 4.69) is 37.0 Å². The number of hydrogen-bond acceptors (Lipinski definition) is 7. The molecule has 0 spiro atoms. The highest BCUT2D eigenvalue weighted by Crippen LogP contribution is 2.28. The van der Waals surface area contributed by atoms with Crippen LogP contribution in [0.25, 0.3) is 11.2 Å². The standard InChI is InChI=1S/C17H19F2N7O/c1-17(20)5-7-26(8-6-17)11-9-21-13-15(23-11)24-25-16(13)27-12-4-2-3-10(22-12)14(18)19/h2-4,9,14H,5-8,20H2,1H3,(H,23,24,25). The molecule has 10 heteroatoms. The van der Waals surface area contributed by atoms with E-state index in [4.69, 9.17) is 10.5 Å². The molecule has 0 amide bonds. The fourth-order valence-electron chi connectivity index (χ4n) is 2.95. The first-order chi connectivity index (χ1) is 12.9. The highest BCUT2D eigenvalue weighted by molar-refractivity contribution is 5.77. The Balaban J connectivity index is 1.55. The van der Waals surface area contributed by atoms with Gasteiger partial charge in [-0.05, 0) is 25.8 Å². The number of halogens is 2. The van der Waals surface area contributed by atoms with Gasteiger partial charge < -0.3 is 15.4 Å². The number of piperidine rings is 1. The van der Waals surface area contributed by atoms with Gasteiger partial charge in [-0.2, -0.15) is 0 Å². The number of alkyl halides is 2. The quantitative estimate of drug-likeness (QED) is 0.722. The number of rotatable bonds is 4. The van der Waals surface area contributed by atoms with Crippen molar-refractivity contribution in [2.45, 2.75) is 31.7 Å². The molecule has 0 atom stereocenters. The fourth-order valence-corrected chi connectivity index (χ4v) is 2.95. The van der Waals surface area contributed by atoms with Crippen LogP contribution in [0.3, 0.4) is 0 Å². The summed E-state index contributed by atoms with van der Waals surface area (Å²) in [4.78, 5) is 14.8. The van der Waals surface area contributed by atoms with Crippen molar-refractivity contribution in [1.82, 2.24) is 25.1 Å². The number of fused-ring (bicyclic) bond motifs is 1. The highest BCUT2D eigenvalue weighted by Gasteiger charge is 2.27. The maximum Gasteiger partial charge on any atom is 0.280 e. The largest absolute Gasteiger partial charge is 0.417 e. The summed E-state index contributed by atoms with van der Waals surface area (Å²) in [6.07, 6.45) is 0.714. The number of hydrogen-bond donors (Lipinski definition) is 2. The molecule has 3 N–H and O–H groups in total. The maximum absolute atomic E-state index is 12.8. The predicted octanol–water partition coefficient (Wildman–Crippen LogP) is 2.80. The van der Waals surface area contributed by atoms with E-state index in [9.17, 15) is 8.78 Å². The van der Waals surface area contributed by atoms with Gasteiger partial charge in [0.2, 0.25) is 5.88 Å². The number of H-pyrrole nitrogens is 1. The van der Waals surface area contributed by atoms with E-state index >= 15 is 0 Å². The summed E-state index contributed by atoms with van der Waals surface area (Å²) in [5, 5.41) is 6.80. The Morgan fingerprint density at radius 3 is 2.78 bits per heavy atom. The number of ether oxygens (including phenoxy) is 1. The minimum Gasteiger partial charge on any atom is -0.417 e. The summed E-state index contributed by atoms with van der Waals surface area (Å²) < 4.78 is 31.1. The normalized spacial score (nSPS) is 16.9. The van der Waals surface area contributed by atoms with Crippen molar-refractivity contribution in [1.29, 1.82) is 0 Å². The SMILES string of the molecule is CC1(N)CCN(c2cnc3c(Oc4cccc(C(F)F)n4)n[nH]c3n2)CC1. The monoisotopic (exact) mass is 375 g/mol. The van der Waals surface area contributed by atoms with Gasteiger partial charge in [0.25, 0.3) is 12.3 Å². The van der Waals surface area contributed by atoms with Gasteiger partial charge in [0.05, 0.1) is 6.20 Å². The first-order valence-electron chi connectivity index (χ1n) is 8.59. The number of aromatic amines is 1. The Morgan fingerprint density at radius 2 is 2.04 bits per heavy atom. The molecule has 4 rings (SSSR count). The molecule has 0 unspecified atom stereocenters. The molecule has 3 aromatic heterocycles. The lowest BCUT2D eigenvalue weighted by atomic mass is 9.91. The van der Waals surface area contributed by atoms with Crippen molar-refractivity contribution in [3.8, 4) is 11.8 Å². The summed E-state index contributed by atoms with van der Waals surface area (Å²) >= 11 is 0. The van der Waals surface area contributed by atoms with Gasteiger partial charge >= 0.3 is 0 Å². The third-order valence-electron chi connectivity index (χ3n) is 4.63. The first-order valence-corrected chi connectivity index (χ1v) is 8.59. The van der Waals surface area contributed by atoms with Crippen LogP contribution in [-0.4, -0.2) is 43.8 Å². The summed E-state index contributed by atoms with van der Waals surface area (Å²) in [6, 6.07) is 4.16. The third-order valence-corrected chi connectivity index (χ3v) is 4.63. The van der Waals surface area contributed by atoms with Gasteiger partial charge in [-0.1, -0.05) is 6.07 Å². The van der Waals surface area contributed by atoms with Crippen LogP contribution < -0.4 is 15.4 Å². The van der Waals surface area contributed by atoms with Crippen LogP contribution in [0.1, 0.15) is 31.9 Å². The number of pyridine rings is 1. The van der Waals surface area contributed by atoms with Crippen molar-refractivity contribution in [2.75, 3.05) is 18.0 Å². The van der Waals surface area contributed by atoms with Gasteiger partial charge in [0, 0.05) is 24.7 Å². The van der Waals surface area contributed by atoms with E-state index in [1.807, 2.05) is 0 Å². The van der Waals surface area contributed by atoms with Crippen molar-refractivity contribution >= 4 is 17.0 Å². The van der Waals surface area contributed by atoms with E-state index in [0.717, 1.165) is 31.7 Å². The molecule has 27 heavy (non-hydrogen) atoms. The number of nitrogens with two attached hydrogens (primary N) is 1. The molecule has 3 aromatic rings. The Hall–Kier alpha value is -2.88. The van der Waals surface area contributed by atoms with Crippen LogP contribution in [0.4, 0.5) is 14.6 Å². The second-order valence-corrected chi connectivity index (χ2v) is 6.90. The minimum absolute atomic E-state index is 0.0188. The lowest BCUT2D eigenvalue weighted by Crippen LogP contribution is -2.48. The van der Waals surface area contributed by atoms with Crippen LogP contribution in [0.15, 0.2) is 24.4 Å². The zero-order valence-corrected chi connectivity index (χ0v) is 14.7.